The van der Waals surface area contributed by atoms with Crippen LogP contribution in [-0.4, -0.2) is 51.6 Å². The van der Waals surface area contributed by atoms with Crippen LogP contribution in [0.25, 0.3) is 5.52 Å². The molecule has 4 N–H and O–H groups in total. The number of nitriles is 1. The molecule has 0 aliphatic carbocycles. The zero-order chi connectivity index (χ0) is 23.2. The van der Waals surface area contributed by atoms with Gasteiger partial charge in [0, 0.05) is 0 Å². The number of benzene rings is 1. The van der Waals surface area contributed by atoms with Gasteiger partial charge in [-0.05, 0) is 17.7 Å². The number of anilines is 1. The van der Waals surface area contributed by atoms with Gasteiger partial charge in [-0.1, -0.05) is 30.3 Å². The van der Waals surface area contributed by atoms with Gasteiger partial charge in [0.1, 0.15) is 36.7 Å². The van der Waals surface area contributed by atoms with Crippen molar-refractivity contribution in [2.24, 2.45) is 5.73 Å². The Bertz CT molecular complexity index is 1270. The summed E-state index contributed by atoms with van der Waals surface area (Å²) in [5, 5.41) is 14.3. The van der Waals surface area contributed by atoms with E-state index in [1.54, 1.807) is 42.5 Å². The highest BCUT2D eigenvalue weighted by molar-refractivity contribution is 5.77. The maximum absolute atomic E-state index is 12.5. The topological polar surface area (TPSA) is 177 Å². The predicted molar refractivity (Wildman–Crippen MR) is 109 cm³/mol. The van der Waals surface area contributed by atoms with Crippen molar-refractivity contribution in [3.05, 3.63) is 60.0 Å². The summed E-state index contributed by atoms with van der Waals surface area (Å²) in [6.45, 7) is -0.318. The molecule has 2 aliphatic heterocycles. The van der Waals surface area contributed by atoms with Crippen LogP contribution in [0.3, 0.4) is 0 Å². The van der Waals surface area contributed by atoms with Crippen LogP contribution in [0.4, 0.5) is 10.6 Å². The molecule has 5 rings (SSSR count). The Kier molecular flexibility index (Phi) is 4.85. The number of ether oxygens (including phenoxy) is 4. The number of nitrogen functional groups attached to an aromatic ring is 1. The van der Waals surface area contributed by atoms with Crippen molar-refractivity contribution in [1.82, 2.24) is 14.6 Å². The van der Waals surface area contributed by atoms with Gasteiger partial charge in [0.2, 0.25) is 5.60 Å². The molecule has 2 saturated heterocycles. The van der Waals surface area contributed by atoms with Gasteiger partial charge in [-0.15, -0.1) is 0 Å². The molecule has 4 heterocycles. The summed E-state index contributed by atoms with van der Waals surface area (Å²) >= 11 is 0. The van der Waals surface area contributed by atoms with Gasteiger partial charge < -0.3 is 30.4 Å². The molecule has 0 amide bonds. The van der Waals surface area contributed by atoms with Crippen LogP contribution in [0.5, 0.6) is 0 Å². The molecule has 12 heteroatoms. The SMILES string of the molecule is N#C[C@@]1(c2ccc3c(N)ncnn23)O[C@H](COC(=O)[C@@H](N)c2ccccc2)[C@H]2OC(=O)O[C@H]21. The Labute approximate surface area is 186 Å². The molecule has 0 bridgehead atoms. The Morgan fingerprint density at radius 2 is 2.06 bits per heavy atom. The van der Waals surface area contributed by atoms with Crippen molar-refractivity contribution in [2.45, 2.75) is 30.0 Å². The molecule has 1 aromatic carbocycles. The minimum Gasteiger partial charge on any atom is -0.461 e. The van der Waals surface area contributed by atoms with Gasteiger partial charge in [-0.25, -0.2) is 19.1 Å². The van der Waals surface area contributed by atoms with Crippen LogP contribution in [0.1, 0.15) is 17.3 Å². The number of esters is 1. The lowest BCUT2D eigenvalue weighted by Gasteiger charge is -2.24. The van der Waals surface area contributed by atoms with Crippen LogP contribution < -0.4 is 11.5 Å². The molecule has 2 fully saturated rings. The number of nitrogens with two attached hydrogens (primary N) is 2. The van der Waals surface area contributed by atoms with Gasteiger partial charge in [-0.2, -0.15) is 10.4 Å². The number of nitrogens with zero attached hydrogens (tertiary/aromatic N) is 4. The number of aromatic nitrogens is 3. The second kappa shape index (κ2) is 7.73. The first kappa shape index (κ1) is 20.7. The molecule has 5 atom stereocenters. The molecule has 168 valence electrons. The van der Waals surface area contributed by atoms with Crippen LogP contribution in [-0.2, 0) is 29.3 Å². The van der Waals surface area contributed by atoms with Crippen LogP contribution in [0, 0.1) is 11.3 Å². The molecular weight excluding hydrogens is 432 g/mol. The van der Waals surface area contributed by atoms with E-state index in [-0.39, 0.29) is 18.1 Å². The van der Waals surface area contributed by atoms with Crippen LogP contribution in [0.15, 0.2) is 48.8 Å². The molecule has 33 heavy (non-hydrogen) atoms. The molecule has 0 unspecified atom stereocenters. The van der Waals surface area contributed by atoms with Crippen LogP contribution >= 0.6 is 0 Å². The molecule has 12 nitrogen and oxygen atoms in total. The first-order chi connectivity index (χ1) is 15.9. The van der Waals surface area contributed by atoms with Gasteiger partial charge in [0.15, 0.2) is 18.0 Å². The normalized spacial score (nSPS) is 26.8. The molecule has 0 spiro atoms. The maximum atomic E-state index is 12.5. The summed E-state index contributed by atoms with van der Waals surface area (Å²) in [7, 11) is 0. The van der Waals surface area contributed by atoms with Gasteiger partial charge in [-0.3, -0.25) is 0 Å². The van der Waals surface area contributed by atoms with E-state index in [0.29, 0.717) is 11.1 Å². The summed E-state index contributed by atoms with van der Waals surface area (Å²) in [6, 6.07) is 13.0. The van der Waals surface area contributed by atoms with Crippen molar-refractivity contribution in [3.8, 4) is 6.07 Å². The Morgan fingerprint density at radius 1 is 1.27 bits per heavy atom. The van der Waals surface area contributed by atoms with E-state index in [4.69, 9.17) is 30.4 Å². The summed E-state index contributed by atoms with van der Waals surface area (Å²) in [5.41, 5.74) is 11.4. The van der Waals surface area contributed by atoms with Crippen LogP contribution in [0.2, 0.25) is 0 Å². The van der Waals surface area contributed by atoms with E-state index >= 15 is 0 Å². The molecule has 2 aromatic heterocycles. The van der Waals surface area contributed by atoms with Crippen molar-refractivity contribution >= 4 is 23.5 Å². The number of hydrogen-bond acceptors (Lipinski definition) is 11. The zero-order valence-corrected chi connectivity index (χ0v) is 17.0. The Balaban J connectivity index is 1.42. The smallest absolute Gasteiger partial charge is 0.461 e. The Hall–Kier alpha value is -4.21. The minimum atomic E-state index is -1.79. The number of hydrogen-bond donors (Lipinski definition) is 2. The second-order valence-corrected chi connectivity index (χ2v) is 7.55. The third-order valence-corrected chi connectivity index (χ3v) is 5.69. The summed E-state index contributed by atoms with van der Waals surface area (Å²) in [4.78, 5) is 28.3. The molecule has 0 radical (unpaired) electrons. The highest BCUT2D eigenvalue weighted by Crippen LogP contribution is 2.46. The average molecular weight is 450 g/mol. The maximum Gasteiger partial charge on any atom is 0.509 e. The van der Waals surface area contributed by atoms with Crippen molar-refractivity contribution < 1.29 is 28.5 Å². The lowest BCUT2D eigenvalue weighted by Crippen LogP contribution is -2.39. The van der Waals surface area contributed by atoms with Gasteiger partial charge in [0.05, 0.1) is 5.69 Å². The number of carbonyl (C=O) groups excluding carboxylic acids is 2. The predicted octanol–water partition coefficient (Wildman–Crippen LogP) is 0.576. The fraction of sp³-hybridized carbons (Fsp3) is 0.286. The molecule has 3 aromatic rings. The lowest BCUT2D eigenvalue weighted by molar-refractivity contribution is -0.153. The zero-order valence-electron chi connectivity index (χ0n) is 17.0. The third kappa shape index (κ3) is 3.22. The van der Waals surface area contributed by atoms with Gasteiger partial charge in [0.25, 0.3) is 0 Å². The summed E-state index contributed by atoms with van der Waals surface area (Å²) in [5.74, 6) is -0.506. The summed E-state index contributed by atoms with van der Waals surface area (Å²) in [6.07, 6.45) is -2.85. The highest BCUT2D eigenvalue weighted by Gasteiger charge is 2.65. The Morgan fingerprint density at radius 3 is 2.82 bits per heavy atom. The quantitative estimate of drug-likeness (QED) is 0.519. The average Bonchev–Trinajstić information content (AvgIpc) is 3.51. The molecule has 2 aliphatic rings. The van der Waals surface area contributed by atoms with Crippen molar-refractivity contribution in [1.29, 1.82) is 5.26 Å². The highest BCUT2D eigenvalue weighted by atomic mass is 16.8. The number of carbonyl (C=O) groups is 2. The second-order valence-electron chi connectivity index (χ2n) is 7.55. The van der Waals surface area contributed by atoms with E-state index in [1.165, 1.54) is 10.8 Å². The monoisotopic (exact) mass is 450 g/mol. The fourth-order valence-electron chi connectivity index (χ4n) is 4.10. The van der Waals surface area contributed by atoms with Gasteiger partial charge >= 0.3 is 12.1 Å². The molecule has 0 saturated carbocycles. The number of rotatable bonds is 5. The van der Waals surface area contributed by atoms with E-state index < -0.39 is 42.1 Å². The standard InChI is InChI=1S/C21H18N6O6/c22-9-21(14-7-6-12-18(24)25-10-26-27(12)14)17-16(31-20(29)32-17)13(33-21)8-30-19(28)15(23)11-4-2-1-3-5-11/h1-7,10,13,15-17H,8,23H2,(H2,24,25,26)/t13-,15+,16-,17-,21+/m1/s1. The fourth-order valence-corrected chi connectivity index (χ4v) is 4.10. The molecular formula is C21H18N6O6. The van der Waals surface area contributed by atoms with Crippen molar-refractivity contribution in [3.63, 3.8) is 0 Å². The minimum absolute atomic E-state index is 0.193. The van der Waals surface area contributed by atoms with Crippen molar-refractivity contribution in [2.75, 3.05) is 12.3 Å². The van der Waals surface area contributed by atoms with E-state index in [0.717, 1.165) is 0 Å². The first-order valence-corrected chi connectivity index (χ1v) is 9.97. The van der Waals surface area contributed by atoms with E-state index in [1.807, 2.05) is 0 Å². The summed E-state index contributed by atoms with van der Waals surface area (Å²) < 4.78 is 23.3. The van der Waals surface area contributed by atoms with E-state index in [2.05, 4.69) is 16.2 Å². The number of fused-ring (bicyclic) bond motifs is 2. The first-order valence-electron chi connectivity index (χ1n) is 9.97. The van der Waals surface area contributed by atoms with E-state index in [9.17, 15) is 14.9 Å². The lowest BCUT2D eigenvalue weighted by atomic mass is 9.92. The largest absolute Gasteiger partial charge is 0.509 e. The third-order valence-electron chi connectivity index (χ3n) is 5.69.